The van der Waals surface area contributed by atoms with Gasteiger partial charge in [0.15, 0.2) is 5.69 Å². The molecule has 0 saturated carbocycles. The van der Waals surface area contributed by atoms with E-state index in [4.69, 9.17) is 4.74 Å². The summed E-state index contributed by atoms with van der Waals surface area (Å²) in [5, 5.41) is 20.3. The van der Waals surface area contributed by atoms with Crippen LogP contribution in [0.1, 0.15) is 46.8 Å². The van der Waals surface area contributed by atoms with Crippen LogP contribution in [0.2, 0.25) is 0 Å². The second-order valence-corrected chi connectivity index (χ2v) is 5.86. The number of amides is 1. The highest BCUT2D eigenvalue weighted by molar-refractivity contribution is 5.94. The summed E-state index contributed by atoms with van der Waals surface area (Å²) in [4.78, 5) is 12.4. The lowest BCUT2D eigenvalue weighted by atomic mass is 10.0. The van der Waals surface area contributed by atoms with Gasteiger partial charge in [0.1, 0.15) is 5.75 Å². The lowest BCUT2D eigenvalue weighted by molar-refractivity contribution is 0.0846. The van der Waals surface area contributed by atoms with Gasteiger partial charge in [-0.25, -0.2) is 0 Å². The van der Waals surface area contributed by atoms with Crippen LogP contribution < -0.4 is 10.1 Å². The minimum Gasteiger partial charge on any atom is -0.497 e. The van der Waals surface area contributed by atoms with E-state index in [9.17, 15) is 9.90 Å². The Kier molecular flexibility index (Phi) is 4.34. The van der Waals surface area contributed by atoms with Gasteiger partial charge in [0.05, 0.1) is 19.3 Å². The molecule has 2 unspecified atom stereocenters. The summed E-state index contributed by atoms with van der Waals surface area (Å²) in [5.74, 6) is 0.481. The van der Waals surface area contributed by atoms with Gasteiger partial charge >= 0.3 is 0 Å². The number of nitrogens with zero attached hydrogens (tertiary/aromatic N) is 1. The van der Waals surface area contributed by atoms with Gasteiger partial charge in [0.25, 0.3) is 5.91 Å². The van der Waals surface area contributed by atoms with Crippen molar-refractivity contribution >= 4 is 5.91 Å². The number of aryl methyl sites for hydroxylation is 1. The predicted octanol–water partition coefficient (Wildman–Crippen LogP) is 1.76. The average molecular weight is 315 g/mol. The molecule has 0 saturated heterocycles. The molecule has 3 N–H and O–H groups in total. The molecule has 0 fully saturated rings. The third-order valence-corrected chi connectivity index (χ3v) is 4.31. The van der Waals surface area contributed by atoms with Crippen LogP contribution in [0.15, 0.2) is 24.3 Å². The zero-order chi connectivity index (χ0) is 16.4. The Morgan fingerprint density at radius 3 is 2.78 bits per heavy atom. The molecule has 6 nitrogen and oxygen atoms in total. The number of nitrogens with one attached hydrogen (secondary N) is 2. The van der Waals surface area contributed by atoms with Gasteiger partial charge in [-0.1, -0.05) is 12.1 Å². The normalized spacial score (nSPS) is 15.8. The van der Waals surface area contributed by atoms with Crippen molar-refractivity contribution in [1.29, 1.82) is 0 Å². The number of fused-ring (bicyclic) bond motifs is 1. The van der Waals surface area contributed by atoms with E-state index in [1.165, 1.54) is 0 Å². The molecule has 1 aromatic heterocycles. The van der Waals surface area contributed by atoms with Gasteiger partial charge in [-0.2, -0.15) is 5.10 Å². The molecule has 0 bridgehead atoms. The van der Waals surface area contributed by atoms with E-state index in [-0.39, 0.29) is 5.91 Å². The first-order valence-electron chi connectivity index (χ1n) is 7.79. The van der Waals surface area contributed by atoms with Gasteiger partial charge in [0.2, 0.25) is 0 Å². The first-order chi connectivity index (χ1) is 11.1. The number of hydrogen-bond donors (Lipinski definition) is 3. The lowest BCUT2D eigenvalue weighted by Crippen LogP contribution is -2.37. The van der Waals surface area contributed by atoms with E-state index < -0.39 is 12.1 Å². The molecule has 2 atom stereocenters. The number of ether oxygens (including phenoxy) is 1. The highest BCUT2D eigenvalue weighted by Gasteiger charge is 2.25. The average Bonchev–Trinajstić information content (AvgIpc) is 3.17. The van der Waals surface area contributed by atoms with Crippen LogP contribution in [0.5, 0.6) is 5.75 Å². The summed E-state index contributed by atoms with van der Waals surface area (Å²) < 4.78 is 5.10. The second-order valence-electron chi connectivity index (χ2n) is 5.86. The monoisotopic (exact) mass is 315 g/mol. The van der Waals surface area contributed by atoms with Gasteiger partial charge in [-0.3, -0.25) is 9.89 Å². The minimum absolute atomic E-state index is 0.246. The summed E-state index contributed by atoms with van der Waals surface area (Å²) in [5.41, 5.74) is 3.24. The summed E-state index contributed by atoms with van der Waals surface area (Å²) in [6, 6.07) is 6.72. The van der Waals surface area contributed by atoms with Gasteiger partial charge in [-0.05, 0) is 43.9 Å². The standard InChI is InChI=1S/C17H21N3O3/c1-10(16(21)11-6-8-12(23-2)9-7-11)18-17(22)15-13-4-3-5-14(13)19-20-15/h6-10,16,21H,3-5H2,1-2H3,(H,18,22)(H,19,20). The minimum atomic E-state index is -0.795. The molecule has 1 heterocycles. The maximum absolute atomic E-state index is 12.4. The Labute approximate surface area is 134 Å². The Balaban J connectivity index is 1.67. The number of carbonyl (C=O) groups is 1. The fourth-order valence-electron chi connectivity index (χ4n) is 2.95. The zero-order valence-electron chi connectivity index (χ0n) is 13.3. The predicted molar refractivity (Wildman–Crippen MR) is 85.5 cm³/mol. The Bertz CT molecular complexity index is 694. The third-order valence-electron chi connectivity index (χ3n) is 4.31. The van der Waals surface area contributed by atoms with Crippen LogP contribution >= 0.6 is 0 Å². The molecule has 3 rings (SSSR count). The van der Waals surface area contributed by atoms with Crippen molar-refractivity contribution in [2.75, 3.05) is 7.11 Å². The van der Waals surface area contributed by atoms with Crippen LogP contribution in [0.25, 0.3) is 0 Å². The molecular weight excluding hydrogens is 294 g/mol. The Morgan fingerprint density at radius 2 is 2.09 bits per heavy atom. The van der Waals surface area contributed by atoms with Gasteiger partial charge in [0, 0.05) is 11.3 Å². The van der Waals surface area contributed by atoms with Crippen LogP contribution in [-0.2, 0) is 12.8 Å². The number of aromatic nitrogens is 2. The van der Waals surface area contributed by atoms with Crippen LogP contribution in [0.3, 0.4) is 0 Å². The largest absolute Gasteiger partial charge is 0.497 e. The molecule has 1 aliphatic carbocycles. The number of aliphatic hydroxyl groups is 1. The SMILES string of the molecule is COc1ccc(C(O)C(C)NC(=O)c2n[nH]c3c2CCC3)cc1. The van der Waals surface area contributed by atoms with E-state index >= 15 is 0 Å². The van der Waals surface area contributed by atoms with Crippen molar-refractivity contribution < 1.29 is 14.6 Å². The number of H-pyrrole nitrogens is 1. The highest BCUT2D eigenvalue weighted by Crippen LogP contribution is 2.24. The Hall–Kier alpha value is -2.34. The number of aromatic amines is 1. The van der Waals surface area contributed by atoms with E-state index in [0.29, 0.717) is 5.69 Å². The first kappa shape index (κ1) is 15.6. The summed E-state index contributed by atoms with van der Waals surface area (Å²) in [6.07, 6.45) is 2.08. The maximum atomic E-state index is 12.4. The molecule has 0 aliphatic heterocycles. The maximum Gasteiger partial charge on any atom is 0.272 e. The zero-order valence-corrected chi connectivity index (χ0v) is 13.3. The number of hydrogen-bond acceptors (Lipinski definition) is 4. The van der Waals surface area contributed by atoms with Crippen molar-refractivity contribution in [1.82, 2.24) is 15.5 Å². The summed E-state index contributed by atoms with van der Waals surface area (Å²) in [7, 11) is 1.59. The fraction of sp³-hybridized carbons (Fsp3) is 0.412. The topological polar surface area (TPSA) is 87.2 Å². The van der Waals surface area contributed by atoms with E-state index in [2.05, 4.69) is 15.5 Å². The fourth-order valence-corrected chi connectivity index (χ4v) is 2.95. The molecule has 1 amide bonds. The molecule has 1 aliphatic rings. The van der Waals surface area contributed by atoms with E-state index in [1.54, 1.807) is 38.3 Å². The van der Waals surface area contributed by atoms with Crippen molar-refractivity contribution in [2.24, 2.45) is 0 Å². The van der Waals surface area contributed by atoms with Crippen LogP contribution in [0, 0.1) is 0 Å². The van der Waals surface area contributed by atoms with E-state index in [1.807, 2.05) is 0 Å². The first-order valence-corrected chi connectivity index (χ1v) is 7.79. The van der Waals surface area contributed by atoms with Crippen molar-refractivity contribution in [3.63, 3.8) is 0 Å². The molecule has 122 valence electrons. The smallest absolute Gasteiger partial charge is 0.272 e. The molecule has 2 aromatic rings. The molecule has 23 heavy (non-hydrogen) atoms. The van der Waals surface area contributed by atoms with Crippen molar-refractivity contribution in [3.8, 4) is 5.75 Å². The van der Waals surface area contributed by atoms with Gasteiger partial charge < -0.3 is 15.2 Å². The number of rotatable bonds is 5. The highest BCUT2D eigenvalue weighted by atomic mass is 16.5. The van der Waals surface area contributed by atoms with Crippen LogP contribution in [-0.4, -0.2) is 34.4 Å². The number of carbonyl (C=O) groups excluding carboxylic acids is 1. The molecule has 6 heteroatoms. The molecule has 0 radical (unpaired) electrons. The number of methoxy groups -OCH3 is 1. The molecule has 0 spiro atoms. The second kappa shape index (κ2) is 6.42. The number of aliphatic hydroxyl groups excluding tert-OH is 1. The van der Waals surface area contributed by atoms with Crippen molar-refractivity contribution in [2.45, 2.75) is 38.3 Å². The quantitative estimate of drug-likeness (QED) is 0.784. The Morgan fingerprint density at radius 1 is 1.35 bits per heavy atom. The molecular formula is C17H21N3O3. The molecule has 1 aromatic carbocycles. The van der Waals surface area contributed by atoms with Gasteiger partial charge in [-0.15, -0.1) is 0 Å². The third kappa shape index (κ3) is 3.07. The summed E-state index contributed by atoms with van der Waals surface area (Å²) >= 11 is 0. The van der Waals surface area contributed by atoms with E-state index in [0.717, 1.165) is 41.8 Å². The van der Waals surface area contributed by atoms with Crippen molar-refractivity contribution in [3.05, 3.63) is 46.8 Å². The number of benzene rings is 1. The van der Waals surface area contributed by atoms with Crippen LogP contribution in [0.4, 0.5) is 0 Å². The summed E-state index contributed by atoms with van der Waals surface area (Å²) in [6.45, 7) is 1.78. The lowest BCUT2D eigenvalue weighted by Gasteiger charge is -2.20.